The third kappa shape index (κ3) is 4.01. The lowest BCUT2D eigenvalue weighted by atomic mass is 10.1. The Morgan fingerprint density at radius 1 is 0.375 bits per heavy atom. The SMILES string of the molecule is c1ccc(N(c2ccccc2)c2ccc3sc4cc(Nc5ccc6sc7ccccc7c6c5)ccc4c3c2)cc1. The van der Waals surface area contributed by atoms with E-state index in [-0.39, 0.29) is 0 Å². The molecule has 2 nitrogen and oxygen atoms in total. The molecule has 0 atom stereocenters. The van der Waals surface area contributed by atoms with E-state index in [0.29, 0.717) is 0 Å². The van der Waals surface area contributed by atoms with Gasteiger partial charge >= 0.3 is 0 Å². The highest BCUT2D eigenvalue weighted by atomic mass is 32.1. The number of anilines is 5. The zero-order valence-corrected chi connectivity index (χ0v) is 23.2. The van der Waals surface area contributed by atoms with E-state index in [1.165, 1.54) is 40.3 Å². The molecule has 2 heterocycles. The normalized spacial score (nSPS) is 11.5. The van der Waals surface area contributed by atoms with E-state index in [1.54, 1.807) is 0 Å². The Labute approximate surface area is 240 Å². The molecule has 0 aliphatic rings. The fraction of sp³-hybridized carbons (Fsp3) is 0. The van der Waals surface area contributed by atoms with Crippen LogP contribution in [-0.4, -0.2) is 0 Å². The Morgan fingerprint density at radius 3 is 1.70 bits per heavy atom. The maximum atomic E-state index is 3.66. The maximum absolute atomic E-state index is 3.66. The van der Waals surface area contributed by atoms with Crippen molar-refractivity contribution in [2.45, 2.75) is 0 Å². The number of hydrogen-bond donors (Lipinski definition) is 1. The Morgan fingerprint density at radius 2 is 0.925 bits per heavy atom. The van der Waals surface area contributed by atoms with Crippen molar-refractivity contribution >= 4 is 91.5 Å². The number of benzene rings is 6. The van der Waals surface area contributed by atoms with Crippen molar-refractivity contribution in [3.63, 3.8) is 0 Å². The lowest BCUT2D eigenvalue weighted by Gasteiger charge is -2.25. The van der Waals surface area contributed by atoms with Gasteiger partial charge in [0.25, 0.3) is 0 Å². The average Bonchev–Trinajstić information content (AvgIpc) is 3.56. The molecule has 0 amide bonds. The van der Waals surface area contributed by atoms with Gasteiger partial charge in [-0.15, -0.1) is 22.7 Å². The molecule has 0 saturated carbocycles. The van der Waals surface area contributed by atoms with E-state index in [9.17, 15) is 0 Å². The quantitative estimate of drug-likeness (QED) is 0.230. The number of rotatable bonds is 5. The first-order valence-electron chi connectivity index (χ1n) is 13.4. The van der Waals surface area contributed by atoms with Crippen LogP contribution < -0.4 is 10.2 Å². The molecule has 0 aliphatic heterocycles. The molecule has 0 fully saturated rings. The number of hydrogen-bond acceptors (Lipinski definition) is 4. The van der Waals surface area contributed by atoms with Crippen molar-refractivity contribution < 1.29 is 0 Å². The van der Waals surface area contributed by atoms with Gasteiger partial charge in [0.15, 0.2) is 0 Å². The lowest BCUT2D eigenvalue weighted by Crippen LogP contribution is -2.09. The minimum atomic E-state index is 1.10. The van der Waals surface area contributed by atoms with Crippen LogP contribution in [0.25, 0.3) is 40.3 Å². The molecule has 0 aliphatic carbocycles. The summed E-state index contributed by atoms with van der Waals surface area (Å²) in [6.45, 7) is 0. The highest BCUT2D eigenvalue weighted by Crippen LogP contribution is 2.41. The molecule has 0 unspecified atom stereocenters. The third-order valence-electron chi connectivity index (χ3n) is 7.41. The molecule has 8 aromatic rings. The lowest BCUT2D eigenvalue weighted by molar-refractivity contribution is 1.29. The number of fused-ring (bicyclic) bond motifs is 6. The molecule has 0 saturated heterocycles. The van der Waals surface area contributed by atoms with Crippen LogP contribution in [0.3, 0.4) is 0 Å². The Hall–Kier alpha value is -4.64. The molecule has 190 valence electrons. The average molecular weight is 549 g/mol. The minimum Gasteiger partial charge on any atom is -0.355 e. The van der Waals surface area contributed by atoms with Crippen LogP contribution >= 0.6 is 22.7 Å². The molecule has 40 heavy (non-hydrogen) atoms. The second-order valence-corrected chi connectivity index (χ2v) is 12.1. The number of thiophene rings is 2. The summed E-state index contributed by atoms with van der Waals surface area (Å²) in [6.07, 6.45) is 0. The first-order valence-corrected chi connectivity index (χ1v) is 15.0. The molecular formula is C36H24N2S2. The van der Waals surface area contributed by atoms with E-state index in [0.717, 1.165) is 28.4 Å². The Bertz CT molecular complexity index is 2100. The zero-order valence-electron chi connectivity index (χ0n) is 21.5. The minimum absolute atomic E-state index is 1.10. The predicted molar refractivity (Wildman–Crippen MR) is 177 cm³/mol. The first kappa shape index (κ1) is 23.3. The van der Waals surface area contributed by atoms with Crippen LogP contribution in [0.2, 0.25) is 0 Å². The van der Waals surface area contributed by atoms with Gasteiger partial charge in [0.1, 0.15) is 0 Å². The van der Waals surface area contributed by atoms with Crippen LogP contribution in [0.4, 0.5) is 28.4 Å². The first-order chi connectivity index (χ1) is 19.8. The molecule has 0 spiro atoms. The highest BCUT2D eigenvalue weighted by molar-refractivity contribution is 7.26. The van der Waals surface area contributed by atoms with Crippen LogP contribution in [-0.2, 0) is 0 Å². The zero-order chi connectivity index (χ0) is 26.5. The largest absolute Gasteiger partial charge is 0.355 e. The van der Waals surface area contributed by atoms with E-state index in [1.807, 2.05) is 22.7 Å². The van der Waals surface area contributed by atoms with Crippen molar-refractivity contribution in [1.82, 2.24) is 0 Å². The van der Waals surface area contributed by atoms with E-state index in [4.69, 9.17) is 0 Å². The van der Waals surface area contributed by atoms with E-state index >= 15 is 0 Å². The van der Waals surface area contributed by atoms with Crippen molar-refractivity contribution in [3.05, 3.63) is 140 Å². The fourth-order valence-corrected chi connectivity index (χ4v) is 7.77. The highest BCUT2D eigenvalue weighted by Gasteiger charge is 2.14. The predicted octanol–water partition coefficient (Wildman–Crippen LogP) is 11.6. The molecular weight excluding hydrogens is 525 g/mol. The molecule has 6 aromatic carbocycles. The standard InChI is InChI=1S/C36H24N2S2/c1-3-9-26(10-4-1)38(27-11-5-2-6-12-27)28-17-20-35-32(23-28)30-18-15-25(22-36(30)40-35)37-24-16-19-34-31(21-24)29-13-7-8-14-33(29)39-34/h1-23,37H. The van der Waals surface area contributed by atoms with Gasteiger partial charge in [-0.25, -0.2) is 0 Å². The smallest absolute Gasteiger partial charge is 0.0468 e. The maximum Gasteiger partial charge on any atom is 0.0468 e. The van der Waals surface area contributed by atoms with Gasteiger partial charge in [0, 0.05) is 68.8 Å². The summed E-state index contributed by atoms with van der Waals surface area (Å²) in [7, 11) is 0. The molecule has 0 bridgehead atoms. The van der Waals surface area contributed by atoms with Gasteiger partial charge in [0.2, 0.25) is 0 Å². The van der Waals surface area contributed by atoms with E-state index in [2.05, 4.69) is 150 Å². The summed E-state index contributed by atoms with van der Waals surface area (Å²) in [4.78, 5) is 2.32. The van der Waals surface area contributed by atoms with Gasteiger partial charge in [-0.05, 0) is 78.9 Å². The number of para-hydroxylation sites is 2. The van der Waals surface area contributed by atoms with Crippen LogP contribution in [0, 0.1) is 0 Å². The second-order valence-electron chi connectivity index (χ2n) is 9.93. The summed E-state index contributed by atoms with van der Waals surface area (Å²) in [5.41, 5.74) is 5.67. The monoisotopic (exact) mass is 548 g/mol. The third-order valence-corrected chi connectivity index (χ3v) is 9.69. The second kappa shape index (κ2) is 9.53. The summed E-state index contributed by atoms with van der Waals surface area (Å²) in [5, 5.41) is 8.86. The number of nitrogens with one attached hydrogen (secondary N) is 1. The van der Waals surface area contributed by atoms with Crippen molar-refractivity contribution in [3.8, 4) is 0 Å². The summed E-state index contributed by atoms with van der Waals surface area (Å²) < 4.78 is 5.23. The van der Waals surface area contributed by atoms with Gasteiger partial charge in [-0.3, -0.25) is 0 Å². The van der Waals surface area contributed by atoms with Crippen molar-refractivity contribution in [2.75, 3.05) is 10.2 Å². The Kier molecular flexibility index (Phi) is 5.54. The van der Waals surface area contributed by atoms with Gasteiger partial charge in [-0.1, -0.05) is 60.7 Å². The van der Waals surface area contributed by atoms with Gasteiger partial charge < -0.3 is 10.2 Å². The Balaban J connectivity index is 1.18. The summed E-state index contributed by atoms with van der Waals surface area (Å²) >= 11 is 3.70. The van der Waals surface area contributed by atoms with Crippen molar-refractivity contribution in [2.24, 2.45) is 0 Å². The van der Waals surface area contributed by atoms with Crippen LogP contribution in [0.15, 0.2) is 140 Å². The molecule has 2 aromatic heterocycles. The topological polar surface area (TPSA) is 15.3 Å². The summed E-state index contributed by atoms with van der Waals surface area (Å²) in [5.74, 6) is 0. The van der Waals surface area contributed by atoms with Crippen molar-refractivity contribution in [1.29, 1.82) is 0 Å². The summed E-state index contributed by atoms with van der Waals surface area (Å²) in [6, 6.07) is 50.1. The fourth-order valence-electron chi connectivity index (χ4n) is 5.55. The van der Waals surface area contributed by atoms with Gasteiger partial charge in [-0.2, -0.15) is 0 Å². The van der Waals surface area contributed by atoms with E-state index < -0.39 is 0 Å². The molecule has 1 N–H and O–H groups in total. The molecule has 4 heteroatoms. The molecule has 8 rings (SSSR count). The van der Waals surface area contributed by atoms with Crippen LogP contribution in [0.5, 0.6) is 0 Å². The van der Waals surface area contributed by atoms with Crippen LogP contribution in [0.1, 0.15) is 0 Å². The molecule has 0 radical (unpaired) electrons. The van der Waals surface area contributed by atoms with Gasteiger partial charge in [0.05, 0.1) is 0 Å². The number of nitrogens with zero attached hydrogens (tertiary/aromatic N) is 1.